The molecule has 1 saturated heterocycles. The SMILES string of the molecule is O=C(c1ccc(Br)cc1)n1cc(C2CCNCC2)c2ncccc21. The van der Waals surface area contributed by atoms with Crippen LogP contribution >= 0.6 is 15.9 Å². The Morgan fingerprint density at radius 3 is 2.67 bits per heavy atom. The highest BCUT2D eigenvalue weighted by Gasteiger charge is 2.23. The Labute approximate surface area is 149 Å². The summed E-state index contributed by atoms with van der Waals surface area (Å²) in [7, 11) is 0. The first kappa shape index (κ1) is 15.5. The molecule has 1 aromatic carbocycles. The largest absolute Gasteiger partial charge is 0.317 e. The molecular formula is C19H18BrN3O. The van der Waals surface area contributed by atoms with Crippen molar-refractivity contribution in [3.8, 4) is 0 Å². The van der Waals surface area contributed by atoms with Crippen molar-refractivity contribution in [1.29, 1.82) is 0 Å². The summed E-state index contributed by atoms with van der Waals surface area (Å²) < 4.78 is 2.72. The molecule has 0 radical (unpaired) electrons. The van der Waals surface area contributed by atoms with E-state index in [1.54, 1.807) is 10.8 Å². The summed E-state index contributed by atoms with van der Waals surface area (Å²) in [6.07, 6.45) is 5.98. The zero-order chi connectivity index (χ0) is 16.5. The number of nitrogens with zero attached hydrogens (tertiary/aromatic N) is 2. The topological polar surface area (TPSA) is 46.9 Å². The van der Waals surface area contributed by atoms with E-state index in [1.165, 1.54) is 5.56 Å². The minimum absolute atomic E-state index is 0.0133. The Morgan fingerprint density at radius 1 is 1.17 bits per heavy atom. The maximum Gasteiger partial charge on any atom is 0.262 e. The number of benzene rings is 1. The van der Waals surface area contributed by atoms with E-state index in [-0.39, 0.29) is 5.91 Å². The van der Waals surface area contributed by atoms with E-state index < -0.39 is 0 Å². The molecule has 0 atom stereocenters. The van der Waals surface area contributed by atoms with Gasteiger partial charge in [-0.1, -0.05) is 15.9 Å². The molecule has 1 aliphatic rings. The molecule has 0 aliphatic carbocycles. The number of carbonyl (C=O) groups excluding carboxylic acids is 1. The fourth-order valence-corrected chi connectivity index (χ4v) is 3.68. The summed E-state index contributed by atoms with van der Waals surface area (Å²) in [5.41, 5.74) is 3.71. The second-order valence-corrected chi connectivity index (χ2v) is 7.08. The maximum atomic E-state index is 13.0. The van der Waals surface area contributed by atoms with E-state index in [9.17, 15) is 4.79 Å². The first-order chi connectivity index (χ1) is 11.7. The molecule has 24 heavy (non-hydrogen) atoms. The van der Waals surface area contributed by atoms with Gasteiger partial charge in [-0.3, -0.25) is 14.3 Å². The molecule has 1 N–H and O–H groups in total. The molecule has 0 bridgehead atoms. The lowest BCUT2D eigenvalue weighted by molar-refractivity contribution is 0.0964. The third kappa shape index (κ3) is 2.78. The number of nitrogens with one attached hydrogen (secondary N) is 1. The highest BCUT2D eigenvalue weighted by molar-refractivity contribution is 9.10. The van der Waals surface area contributed by atoms with Gasteiger partial charge in [0.1, 0.15) is 0 Å². The number of pyridine rings is 1. The van der Waals surface area contributed by atoms with Crippen molar-refractivity contribution in [2.24, 2.45) is 0 Å². The van der Waals surface area contributed by atoms with Crippen LogP contribution in [-0.4, -0.2) is 28.5 Å². The number of hydrogen-bond acceptors (Lipinski definition) is 3. The smallest absolute Gasteiger partial charge is 0.262 e. The van der Waals surface area contributed by atoms with Crippen molar-refractivity contribution in [2.75, 3.05) is 13.1 Å². The van der Waals surface area contributed by atoms with Crippen LogP contribution in [0.4, 0.5) is 0 Å². The number of fused-ring (bicyclic) bond motifs is 1. The number of aromatic nitrogens is 2. The van der Waals surface area contributed by atoms with Gasteiger partial charge in [0, 0.05) is 22.4 Å². The number of piperidine rings is 1. The fraction of sp³-hybridized carbons (Fsp3) is 0.263. The molecular weight excluding hydrogens is 366 g/mol. The standard InChI is InChI=1S/C19H18BrN3O/c20-15-5-3-14(4-6-15)19(24)23-12-16(13-7-10-21-11-8-13)18-17(23)2-1-9-22-18/h1-6,9,12-13,21H,7-8,10-11H2. The van der Waals surface area contributed by atoms with Gasteiger partial charge in [-0.05, 0) is 73.8 Å². The molecule has 0 unspecified atom stereocenters. The number of carbonyl (C=O) groups is 1. The van der Waals surface area contributed by atoms with Crippen molar-refractivity contribution in [3.63, 3.8) is 0 Å². The summed E-state index contributed by atoms with van der Waals surface area (Å²) in [4.78, 5) is 17.5. The van der Waals surface area contributed by atoms with Crippen LogP contribution in [0.3, 0.4) is 0 Å². The molecule has 1 fully saturated rings. The zero-order valence-corrected chi connectivity index (χ0v) is 14.8. The van der Waals surface area contributed by atoms with Crippen LogP contribution in [0, 0.1) is 0 Å². The lowest BCUT2D eigenvalue weighted by Gasteiger charge is -2.21. The molecule has 3 heterocycles. The van der Waals surface area contributed by atoms with Crippen LogP contribution < -0.4 is 5.32 Å². The van der Waals surface area contributed by atoms with Gasteiger partial charge in [0.2, 0.25) is 0 Å². The average molecular weight is 384 g/mol. The molecule has 4 rings (SSSR count). The zero-order valence-electron chi connectivity index (χ0n) is 13.2. The molecule has 3 aromatic rings. The van der Waals surface area contributed by atoms with Crippen molar-refractivity contribution in [1.82, 2.24) is 14.9 Å². The minimum atomic E-state index is -0.0133. The number of halogens is 1. The van der Waals surface area contributed by atoms with Crippen molar-refractivity contribution < 1.29 is 4.79 Å². The second-order valence-electron chi connectivity index (χ2n) is 6.16. The quantitative estimate of drug-likeness (QED) is 0.728. The van der Waals surface area contributed by atoms with Crippen molar-refractivity contribution in [2.45, 2.75) is 18.8 Å². The van der Waals surface area contributed by atoms with Gasteiger partial charge in [-0.2, -0.15) is 0 Å². The second kappa shape index (κ2) is 6.49. The Morgan fingerprint density at radius 2 is 1.92 bits per heavy atom. The molecule has 0 saturated carbocycles. The fourth-order valence-electron chi connectivity index (χ4n) is 3.41. The summed E-state index contributed by atoms with van der Waals surface area (Å²) in [5.74, 6) is 0.448. The minimum Gasteiger partial charge on any atom is -0.317 e. The monoisotopic (exact) mass is 383 g/mol. The van der Waals surface area contributed by atoms with Crippen LogP contribution in [0.5, 0.6) is 0 Å². The van der Waals surface area contributed by atoms with Crippen LogP contribution in [0.15, 0.2) is 53.3 Å². The molecule has 4 nitrogen and oxygen atoms in total. The van der Waals surface area contributed by atoms with Crippen LogP contribution in [0.25, 0.3) is 11.0 Å². The van der Waals surface area contributed by atoms with Gasteiger partial charge in [0.25, 0.3) is 5.91 Å². The Hall–Kier alpha value is -1.98. The van der Waals surface area contributed by atoms with E-state index in [1.807, 2.05) is 42.6 Å². The van der Waals surface area contributed by atoms with Gasteiger partial charge in [-0.15, -0.1) is 0 Å². The highest BCUT2D eigenvalue weighted by atomic mass is 79.9. The number of rotatable bonds is 2. The van der Waals surface area contributed by atoms with E-state index in [0.717, 1.165) is 41.4 Å². The normalized spacial score (nSPS) is 15.7. The summed E-state index contributed by atoms with van der Waals surface area (Å²) in [5, 5.41) is 3.39. The predicted molar refractivity (Wildman–Crippen MR) is 98.4 cm³/mol. The highest BCUT2D eigenvalue weighted by Crippen LogP contribution is 2.32. The molecule has 122 valence electrons. The van der Waals surface area contributed by atoms with E-state index in [0.29, 0.717) is 11.5 Å². The first-order valence-corrected chi connectivity index (χ1v) is 9.00. The molecule has 2 aromatic heterocycles. The van der Waals surface area contributed by atoms with Crippen molar-refractivity contribution in [3.05, 3.63) is 64.4 Å². The first-order valence-electron chi connectivity index (χ1n) is 8.21. The average Bonchev–Trinajstić information content (AvgIpc) is 3.02. The summed E-state index contributed by atoms with van der Waals surface area (Å²) in [6.45, 7) is 2.04. The molecule has 0 amide bonds. The lowest BCUT2D eigenvalue weighted by Crippen LogP contribution is -2.26. The summed E-state index contributed by atoms with van der Waals surface area (Å²) >= 11 is 3.41. The molecule has 1 aliphatic heterocycles. The van der Waals surface area contributed by atoms with Crippen molar-refractivity contribution >= 4 is 32.9 Å². The number of hydrogen-bond donors (Lipinski definition) is 1. The van der Waals surface area contributed by atoms with Crippen LogP contribution in [-0.2, 0) is 0 Å². The Kier molecular flexibility index (Phi) is 4.21. The predicted octanol–water partition coefficient (Wildman–Crippen LogP) is 3.95. The van der Waals surface area contributed by atoms with Gasteiger partial charge in [0.15, 0.2) is 0 Å². The third-order valence-corrected chi connectivity index (χ3v) is 5.21. The van der Waals surface area contributed by atoms with E-state index >= 15 is 0 Å². The van der Waals surface area contributed by atoms with Gasteiger partial charge in [-0.25, -0.2) is 0 Å². The molecule has 5 heteroatoms. The maximum absolute atomic E-state index is 13.0. The van der Waals surface area contributed by atoms with E-state index in [2.05, 4.69) is 26.2 Å². The lowest BCUT2D eigenvalue weighted by atomic mass is 9.91. The summed E-state index contributed by atoms with van der Waals surface area (Å²) in [6, 6.07) is 11.3. The van der Waals surface area contributed by atoms with Gasteiger partial charge in [0.05, 0.1) is 11.0 Å². The van der Waals surface area contributed by atoms with Gasteiger partial charge < -0.3 is 5.32 Å². The van der Waals surface area contributed by atoms with Gasteiger partial charge >= 0.3 is 0 Å². The van der Waals surface area contributed by atoms with E-state index in [4.69, 9.17) is 0 Å². The third-order valence-electron chi connectivity index (χ3n) is 4.68. The van der Waals surface area contributed by atoms with Crippen LogP contribution in [0.1, 0.15) is 34.7 Å². The molecule has 0 spiro atoms. The Balaban J connectivity index is 1.80. The van der Waals surface area contributed by atoms with Crippen LogP contribution in [0.2, 0.25) is 0 Å². The Bertz CT molecular complexity index is 879.